The Morgan fingerprint density at radius 3 is 2.92 bits per heavy atom. The van der Waals surface area contributed by atoms with Crippen LogP contribution in [0.3, 0.4) is 0 Å². The minimum atomic E-state index is -0.585. The molecule has 0 radical (unpaired) electrons. The smallest absolute Gasteiger partial charge is 0.290 e. The molecule has 25 heavy (non-hydrogen) atoms. The first-order valence-corrected chi connectivity index (χ1v) is 8.50. The van der Waals surface area contributed by atoms with E-state index >= 15 is 0 Å². The molecule has 1 fully saturated rings. The lowest BCUT2D eigenvalue weighted by molar-refractivity contribution is -0.385. The second kappa shape index (κ2) is 8.47. The van der Waals surface area contributed by atoms with Crippen molar-refractivity contribution in [3.63, 3.8) is 0 Å². The summed E-state index contributed by atoms with van der Waals surface area (Å²) in [4.78, 5) is 24.5. The number of hydrogen-bond acceptors (Lipinski definition) is 5. The molecule has 1 saturated heterocycles. The van der Waals surface area contributed by atoms with Gasteiger partial charge in [0.05, 0.1) is 11.5 Å². The maximum absolute atomic E-state index is 12.2. The van der Waals surface area contributed by atoms with Gasteiger partial charge in [-0.2, -0.15) is 5.26 Å². The number of hydrogen-bond donors (Lipinski definition) is 0. The summed E-state index contributed by atoms with van der Waals surface area (Å²) in [5.41, 5.74) is -0.312. The third-order valence-electron chi connectivity index (χ3n) is 4.24. The van der Waals surface area contributed by atoms with Gasteiger partial charge < -0.3 is 9.64 Å². The molecular formula is C18H23N3O4. The van der Waals surface area contributed by atoms with E-state index in [4.69, 9.17) is 4.74 Å². The third kappa shape index (κ3) is 4.92. The maximum Gasteiger partial charge on any atom is 0.290 e. The van der Waals surface area contributed by atoms with E-state index in [1.165, 1.54) is 12.1 Å². The molecule has 0 spiro atoms. The molecule has 1 amide bonds. The zero-order valence-electron chi connectivity index (χ0n) is 14.6. The molecule has 1 aliphatic rings. The number of carbonyl (C=O) groups excluding carboxylic acids is 1. The second-order valence-electron chi connectivity index (χ2n) is 6.78. The Bertz CT molecular complexity index is 681. The Morgan fingerprint density at radius 2 is 2.28 bits per heavy atom. The molecule has 0 unspecified atom stereocenters. The van der Waals surface area contributed by atoms with Crippen molar-refractivity contribution in [1.82, 2.24) is 4.90 Å². The minimum absolute atomic E-state index is 0.0592. The van der Waals surface area contributed by atoms with E-state index in [9.17, 15) is 20.2 Å². The lowest BCUT2D eigenvalue weighted by Crippen LogP contribution is -2.42. The second-order valence-corrected chi connectivity index (χ2v) is 6.78. The average molecular weight is 345 g/mol. The van der Waals surface area contributed by atoms with Gasteiger partial charge in [-0.25, -0.2) is 0 Å². The van der Waals surface area contributed by atoms with Gasteiger partial charge in [-0.1, -0.05) is 19.9 Å². The van der Waals surface area contributed by atoms with Crippen LogP contribution in [-0.2, 0) is 4.79 Å². The lowest BCUT2D eigenvalue weighted by Gasteiger charge is -2.33. The van der Waals surface area contributed by atoms with E-state index in [0.717, 1.165) is 19.4 Å². The highest BCUT2D eigenvalue weighted by molar-refractivity contribution is 5.76. The van der Waals surface area contributed by atoms with Crippen LogP contribution in [0, 0.1) is 33.3 Å². The van der Waals surface area contributed by atoms with Crippen LogP contribution in [-0.4, -0.2) is 35.4 Å². The summed E-state index contributed by atoms with van der Waals surface area (Å²) >= 11 is 0. The molecule has 0 bridgehead atoms. The van der Waals surface area contributed by atoms with Gasteiger partial charge in [0.15, 0.2) is 5.56 Å². The number of benzene rings is 1. The zero-order valence-corrected chi connectivity index (χ0v) is 14.6. The van der Waals surface area contributed by atoms with Gasteiger partial charge in [-0.05, 0) is 24.8 Å². The Hall–Kier alpha value is -2.62. The molecule has 0 saturated carbocycles. The van der Waals surface area contributed by atoms with Gasteiger partial charge in [0.2, 0.25) is 5.91 Å². The van der Waals surface area contributed by atoms with E-state index in [1.54, 1.807) is 6.07 Å². The van der Waals surface area contributed by atoms with Crippen molar-refractivity contribution in [2.24, 2.45) is 11.8 Å². The van der Waals surface area contributed by atoms with Gasteiger partial charge in [0.1, 0.15) is 11.8 Å². The van der Waals surface area contributed by atoms with Crippen LogP contribution >= 0.6 is 0 Å². The predicted molar refractivity (Wildman–Crippen MR) is 92.1 cm³/mol. The van der Waals surface area contributed by atoms with Crippen molar-refractivity contribution in [2.75, 3.05) is 19.7 Å². The van der Waals surface area contributed by atoms with E-state index in [1.807, 2.05) is 24.8 Å². The summed E-state index contributed by atoms with van der Waals surface area (Å²) in [5, 5.41) is 20.2. The number of rotatable bonds is 6. The van der Waals surface area contributed by atoms with E-state index in [2.05, 4.69) is 0 Å². The summed E-state index contributed by atoms with van der Waals surface area (Å²) in [7, 11) is 0. The maximum atomic E-state index is 12.2. The van der Waals surface area contributed by atoms with Gasteiger partial charge in [0, 0.05) is 31.5 Å². The van der Waals surface area contributed by atoms with Crippen molar-refractivity contribution >= 4 is 11.6 Å². The largest absolute Gasteiger partial charge is 0.492 e. The molecule has 2 rings (SSSR count). The molecule has 134 valence electrons. The third-order valence-corrected chi connectivity index (χ3v) is 4.24. The fourth-order valence-electron chi connectivity index (χ4n) is 3.02. The molecule has 1 atom stereocenters. The number of likely N-dealkylation sites (tertiary alicyclic amines) is 1. The lowest BCUT2D eigenvalue weighted by atomic mass is 9.98. The Kier molecular flexibility index (Phi) is 6.34. The summed E-state index contributed by atoms with van der Waals surface area (Å²) in [6.45, 7) is 5.77. The fraction of sp³-hybridized carbons (Fsp3) is 0.556. The first-order chi connectivity index (χ1) is 11.9. The fourth-order valence-corrected chi connectivity index (χ4v) is 3.02. The molecule has 0 N–H and O–H groups in total. The number of carbonyl (C=O) groups is 1. The van der Waals surface area contributed by atoms with Crippen molar-refractivity contribution in [2.45, 2.75) is 33.1 Å². The number of nitro groups is 1. The highest BCUT2D eigenvalue weighted by atomic mass is 16.6. The van der Waals surface area contributed by atoms with E-state index in [-0.39, 0.29) is 28.8 Å². The Labute approximate surface area is 147 Å². The van der Waals surface area contributed by atoms with Crippen molar-refractivity contribution < 1.29 is 14.5 Å². The van der Waals surface area contributed by atoms with Crippen molar-refractivity contribution in [3.8, 4) is 11.8 Å². The molecule has 7 heteroatoms. The monoisotopic (exact) mass is 345 g/mol. The van der Waals surface area contributed by atoms with Gasteiger partial charge in [-0.3, -0.25) is 14.9 Å². The topological polar surface area (TPSA) is 96.5 Å². The average Bonchev–Trinajstić information content (AvgIpc) is 2.59. The number of nitrogens with zero attached hydrogens (tertiary/aromatic N) is 3. The standard InChI is InChI=1S/C18H23N3O4/c1-13(2)9-18(22)20-8-4-5-14(11-20)12-25-17-7-3-6-16(21(23)24)15(17)10-19/h3,6-7,13-14H,4-5,8-9,11-12H2,1-2H3/t14-/m0/s1. The molecular weight excluding hydrogens is 322 g/mol. The number of nitro benzene ring substituents is 1. The first-order valence-electron chi connectivity index (χ1n) is 8.50. The van der Waals surface area contributed by atoms with Crippen LogP contribution in [0.25, 0.3) is 0 Å². The van der Waals surface area contributed by atoms with Gasteiger partial charge in [0.25, 0.3) is 5.69 Å². The quantitative estimate of drug-likeness (QED) is 0.583. The summed E-state index contributed by atoms with van der Waals surface area (Å²) in [6, 6.07) is 6.21. The van der Waals surface area contributed by atoms with Gasteiger partial charge >= 0.3 is 0 Å². The van der Waals surface area contributed by atoms with Crippen LogP contribution in [0.1, 0.15) is 38.7 Å². The number of amides is 1. The van der Waals surface area contributed by atoms with Crippen LogP contribution in [0.5, 0.6) is 5.75 Å². The summed E-state index contributed by atoms with van der Waals surface area (Å²) in [6.07, 6.45) is 2.39. The number of nitriles is 1. The molecule has 1 aromatic rings. The highest BCUT2D eigenvalue weighted by Crippen LogP contribution is 2.28. The summed E-state index contributed by atoms with van der Waals surface area (Å²) in [5.74, 6) is 0.873. The van der Waals surface area contributed by atoms with E-state index < -0.39 is 4.92 Å². The summed E-state index contributed by atoms with van der Waals surface area (Å²) < 4.78 is 5.70. The minimum Gasteiger partial charge on any atom is -0.492 e. The predicted octanol–water partition coefficient (Wildman–Crippen LogP) is 3.13. The zero-order chi connectivity index (χ0) is 18.4. The Balaban J connectivity index is 2.00. The SMILES string of the molecule is CC(C)CC(=O)N1CCC[C@H](COc2cccc([N+](=O)[O-])c2C#N)C1. The van der Waals surface area contributed by atoms with Crippen LogP contribution < -0.4 is 4.74 Å². The molecule has 1 aromatic carbocycles. The normalized spacial score (nSPS) is 17.2. The van der Waals surface area contributed by atoms with Crippen molar-refractivity contribution in [3.05, 3.63) is 33.9 Å². The van der Waals surface area contributed by atoms with Crippen LogP contribution in [0.2, 0.25) is 0 Å². The molecule has 0 aromatic heterocycles. The van der Waals surface area contributed by atoms with Crippen LogP contribution in [0.4, 0.5) is 5.69 Å². The van der Waals surface area contributed by atoms with Crippen LogP contribution in [0.15, 0.2) is 18.2 Å². The molecule has 1 heterocycles. The molecule has 0 aliphatic carbocycles. The van der Waals surface area contributed by atoms with Crippen molar-refractivity contribution in [1.29, 1.82) is 5.26 Å². The van der Waals surface area contributed by atoms with E-state index in [0.29, 0.717) is 25.5 Å². The number of piperidine rings is 1. The molecule has 7 nitrogen and oxygen atoms in total. The molecule has 1 aliphatic heterocycles. The van der Waals surface area contributed by atoms with Gasteiger partial charge in [-0.15, -0.1) is 0 Å². The highest BCUT2D eigenvalue weighted by Gasteiger charge is 2.25. The number of ether oxygens (including phenoxy) is 1. The first kappa shape index (κ1) is 18.7. The Morgan fingerprint density at radius 1 is 1.52 bits per heavy atom.